The van der Waals surface area contributed by atoms with Crippen molar-refractivity contribution in [2.45, 2.75) is 39.2 Å². The number of rotatable bonds is 6. The molecule has 0 saturated carbocycles. The summed E-state index contributed by atoms with van der Waals surface area (Å²) in [7, 11) is 3.69. The van der Waals surface area contributed by atoms with Gasteiger partial charge in [0.15, 0.2) is 5.65 Å². The summed E-state index contributed by atoms with van der Waals surface area (Å²) in [5, 5.41) is 16.6. The number of nitrogens with one attached hydrogen (secondary N) is 1. The van der Waals surface area contributed by atoms with E-state index in [4.69, 9.17) is 4.74 Å². The Labute approximate surface area is 174 Å². The highest BCUT2D eigenvalue weighted by molar-refractivity contribution is 5.93. The van der Waals surface area contributed by atoms with Gasteiger partial charge in [-0.2, -0.15) is 9.61 Å². The number of carbonyl (C=O) groups excluding carboxylic acids is 1. The number of hydrogen-bond acceptors (Lipinski definition) is 5. The summed E-state index contributed by atoms with van der Waals surface area (Å²) in [4.78, 5) is 12.9. The Kier molecular flexibility index (Phi) is 5.15. The third kappa shape index (κ3) is 3.60. The molecule has 3 heterocycles. The standard InChI is InChI=1S/C22H26N6O2/c1-13(2)17-10-19(26-28-12-23-25-21(17)28)22(29)24-14(3)8-15-11-27(4)20-7-6-16(30-5)9-18(15)20/h6-7,9-14H,8H2,1-5H3,(H,24,29)/t14-/m0/s1. The average Bonchev–Trinajstić information content (AvgIpc) is 3.31. The third-order valence-corrected chi connectivity index (χ3v) is 5.33. The van der Waals surface area contributed by atoms with Gasteiger partial charge in [-0.3, -0.25) is 4.79 Å². The first-order valence-electron chi connectivity index (χ1n) is 10.0. The first kappa shape index (κ1) is 19.9. The molecule has 8 heteroatoms. The molecule has 0 bridgehead atoms. The van der Waals surface area contributed by atoms with Gasteiger partial charge in [-0.05, 0) is 49.1 Å². The van der Waals surface area contributed by atoms with Gasteiger partial charge in [0.25, 0.3) is 5.91 Å². The molecule has 4 aromatic rings. The number of ether oxygens (including phenoxy) is 1. The molecule has 1 N–H and O–H groups in total. The molecule has 0 saturated heterocycles. The maximum absolute atomic E-state index is 12.9. The molecular formula is C22H26N6O2. The van der Waals surface area contributed by atoms with Crippen molar-refractivity contribution in [3.8, 4) is 5.75 Å². The maximum Gasteiger partial charge on any atom is 0.271 e. The minimum Gasteiger partial charge on any atom is -0.497 e. The van der Waals surface area contributed by atoms with Crippen LogP contribution < -0.4 is 10.1 Å². The molecule has 3 aromatic heterocycles. The van der Waals surface area contributed by atoms with E-state index in [-0.39, 0.29) is 17.9 Å². The topological polar surface area (TPSA) is 86.3 Å². The van der Waals surface area contributed by atoms with E-state index in [9.17, 15) is 4.79 Å². The number of benzene rings is 1. The zero-order valence-electron chi connectivity index (χ0n) is 17.9. The highest BCUT2D eigenvalue weighted by Crippen LogP contribution is 2.26. The summed E-state index contributed by atoms with van der Waals surface area (Å²) in [6.45, 7) is 6.11. The van der Waals surface area contributed by atoms with Crippen molar-refractivity contribution in [2.75, 3.05) is 7.11 Å². The number of amides is 1. The van der Waals surface area contributed by atoms with Gasteiger partial charge < -0.3 is 14.6 Å². The number of methoxy groups -OCH3 is 1. The van der Waals surface area contributed by atoms with Crippen molar-refractivity contribution in [3.05, 3.63) is 53.6 Å². The molecule has 0 spiro atoms. The molecule has 0 fully saturated rings. The van der Waals surface area contributed by atoms with Crippen LogP contribution in [0.1, 0.15) is 48.3 Å². The molecule has 0 aliphatic carbocycles. The Hall–Kier alpha value is -3.42. The Morgan fingerprint density at radius 3 is 2.77 bits per heavy atom. The molecule has 0 aliphatic rings. The van der Waals surface area contributed by atoms with E-state index >= 15 is 0 Å². The highest BCUT2D eigenvalue weighted by atomic mass is 16.5. The summed E-state index contributed by atoms with van der Waals surface area (Å²) >= 11 is 0. The van der Waals surface area contributed by atoms with E-state index < -0.39 is 0 Å². The lowest BCUT2D eigenvalue weighted by Crippen LogP contribution is -2.35. The van der Waals surface area contributed by atoms with Gasteiger partial charge in [0, 0.05) is 35.8 Å². The first-order valence-corrected chi connectivity index (χ1v) is 10.0. The minimum absolute atomic E-state index is 0.0739. The Balaban J connectivity index is 1.56. The molecule has 0 radical (unpaired) electrons. The van der Waals surface area contributed by atoms with Crippen molar-refractivity contribution in [2.24, 2.45) is 7.05 Å². The summed E-state index contributed by atoms with van der Waals surface area (Å²) in [5.41, 5.74) is 4.27. The number of aromatic nitrogens is 5. The third-order valence-electron chi connectivity index (χ3n) is 5.33. The Morgan fingerprint density at radius 1 is 1.23 bits per heavy atom. The van der Waals surface area contributed by atoms with Gasteiger partial charge in [0.1, 0.15) is 17.8 Å². The molecule has 0 unspecified atom stereocenters. The minimum atomic E-state index is -0.210. The first-order chi connectivity index (χ1) is 14.4. The fourth-order valence-corrected chi connectivity index (χ4v) is 3.81. The van der Waals surface area contributed by atoms with Crippen LogP contribution in [0.5, 0.6) is 5.75 Å². The van der Waals surface area contributed by atoms with Crippen LogP contribution in [0, 0.1) is 0 Å². The second kappa shape index (κ2) is 7.78. The molecule has 1 amide bonds. The van der Waals surface area contributed by atoms with Crippen LogP contribution in [-0.2, 0) is 13.5 Å². The smallest absolute Gasteiger partial charge is 0.271 e. The number of hydrogen-bond donors (Lipinski definition) is 1. The second-order valence-electron chi connectivity index (χ2n) is 7.97. The van der Waals surface area contributed by atoms with E-state index in [0.717, 1.165) is 27.8 Å². The average molecular weight is 406 g/mol. The number of fused-ring (bicyclic) bond motifs is 2. The van der Waals surface area contributed by atoms with Crippen molar-refractivity contribution in [3.63, 3.8) is 0 Å². The van der Waals surface area contributed by atoms with E-state index in [1.54, 1.807) is 17.7 Å². The van der Waals surface area contributed by atoms with E-state index in [1.165, 1.54) is 6.33 Å². The van der Waals surface area contributed by atoms with Crippen LogP contribution in [-0.4, -0.2) is 43.4 Å². The van der Waals surface area contributed by atoms with Crippen LogP contribution >= 0.6 is 0 Å². The van der Waals surface area contributed by atoms with Gasteiger partial charge >= 0.3 is 0 Å². The quantitative estimate of drug-likeness (QED) is 0.532. The van der Waals surface area contributed by atoms with Crippen molar-refractivity contribution in [1.29, 1.82) is 0 Å². The molecule has 8 nitrogen and oxygen atoms in total. The summed E-state index contributed by atoms with van der Waals surface area (Å²) in [5.74, 6) is 0.812. The van der Waals surface area contributed by atoms with Crippen LogP contribution in [0.3, 0.4) is 0 Å². The van der Waals surface area contributed by atoms with Gasteiger partial charge in [0.2, 0.25) is 0 Å². The van der Waals surface area contributed by atoms with E-state index in [2.05, 4.69) is 45.2 Å². The van der Waals surface area contributed by atoms with Crippen LogP contribution in [0.4, 0.5) is 0 Å². The van der Waals surface area contributed by atoms with E-state index in [0.29, 0.717) is 17.8 Å². The normalized spacial score (nSPS) is 12.6. The lowest BCUT2D eigenvalue weighted by Gasteiger charge is -2.14. The molecule has 156 valence electrons. The molecule has 0 aliphatic heterocycles. The fraction of sp³-hybridized carbons (Fsp3) is 0.364. The Bertz CT molecular complexity index is 1220. The van der Waals surface area contributed by atoms with Crippen molar-refractivity contribution in [1.82, 2.24) is 29.7 Å². The Morgan fingerprint density at radius 2 is 2.03 bits per heavy atom. The summed E-state index contributed by atoms with van der Waals surface area (Å²) < 4.78 is 9.03. The predicted molar refractivity (Wildman–Crippen MR) is 115 cm³/mol. The van der Waals surface area contributed by atoms with Crippen LogP contribution in [0.2, 0.25) is 0 Å². The fourth-order valence-electron chi connectivity index (χ4n) is 3.81. The molecular weight excluding hydrogens is 380 g/mol. The number of carbonyl (C=O) groups is 1. The molecule has 1 aromatic carbocycles. The number of aryl methyl sites for hydroxylation is 1. The molecule has 4 rings (SSSR count). The zero-order chi connectivity index (χ0) is 21.4. The van der Waals surface area contributed by atoms with Crippen LogP contribution in [0.25, 0.3) is 16.6 Å². The van der Waals surface area contributed by atoms with Gasteiger partial charge in [-0.15, -0.1) is 10.2 Å². The van der Waals surface area contributed by atoms with Crippen LogP contribution in [0.15, 0.2) is 36.8 Å². The van der Waals surface area contributed by atoms with E-state index in [1.807, 2.05) is 32.2 Å². The summed E-state index contributed by atoms with van der Waals surface area (Å²) in [6.07, 6.45) is 4.32. The lowest BCUT2D eigenvalue weighted by atomic mass is 10.0. The monoisotopic (exact) mass is 406 g/mol. The zero-order valence-corrected chi connectivity index (χ0v) is 17.9. The van der Waals surface area contributed by atoms with Gasteiger partial charge in [-0.1, -0.05) is 13.8 Å². The predicted octanol–water partition coefficient (Wildman–Crippen LogP) is 3.11. The second-order valence-corrected chi connectivity index (χ2v) is 7.97. The molecule has 30 heavy (non-hydrogen) atoms. The number of nitrogens with zero attached hydrogens (tertiary/aromatic N) is 5. The highest BCUT2D eigenvalue weighted by Gasteiger charge is 2.18. The SMILES string of the molecule is COc1ccc2c(c1)c(C[C@H](C)NC(=O)c1cc(C(C)C)c3nncn3n1)cn2C. The maximum atomic E-state index is 12.9. The summed E-state index contributed by atoms with van der Waals surface area (Å²) in [6, 6.07) is 7.77. The van der Waals surface area contributed by atoms with Gasteiger partial charge in [0.05, 0.1) is 7.11 Å². The van der Waals surface area contributed by atoms with Crippen molar-refractivity contribution < 1.29 is 9.53 Å². The van der Waals surface area contributed by atoms with Crippen molar-refractivity contribution >= 4 is 22.5 Å². The molecule has 1 atom stereocenters. The largest absolute Gasteiger partial charge is 0.497 e. The van der Waals surface area contributed by atoms with Gasteiger partial charge in [-0.25, -0.2) is 0 Å². The lowest BCUT2D eigenvalue weighted by molar-refractivity contribution is 0.0933.